The number of carbonyl (C=O) groups is 1. The summed E-state index contributed by atoms with van der Waals surface area (Å²) in [4.78, 5) is 20.4. The SMILES string of the molecule is COc1ccc(-c2nc(CS(=O)CC(=O)NCCc3ccncc3)c(C)o2)cc1. The molecule has 0 aliphatic heterocycles. The Kier molecular flexibility index (Phi) is 7.13. The van der Waals surface area contributed by atoms with Crippen molar-refractivity contribution < 1.29 is 18.2 Å². The summed E-state index contributed by atoms with van der Waals surface area (Å²) in [5.74, 6) is 1.66. The first-order chi connectivity index (χ1) is 14.0. The number of ether oxygens (including phenoxy) is 1. The lowest BCUT2D eigenvalue weighted by atomic mass is 10.2. The average molecular weight is 413 g/mol. The summed E-state index contributed by atoms with van der Waals surface area (Å²) in [5.41, 5.74) is 2.49. The largest absolute Gasteiger partial charge is 0.497 e. The molecule has 8 heteroatoms. The van der Waals surface area contributed by atoms with E-state index >= 15 is 0 Å². The van der Waals surface area contributed by atoms with Crippen LogP contribution in [0, 0.1) is 6.92 Å². The van der Waals surface area contributed by atoms with Gasteiger partial charge in [0.05, 0.1) is 18.6 Å². The second-order valence-corrected chi connectivity index (χ2v) is 7.89. The smallest absolute Gasteiger partial charge is 0.232 e. The molecule has 0 aliphatic carbocycles. The monoisotopic (exact) mass is 413 g/mol. The molecule has 1 unspecified atom stereocenters. The molecule has 0 saturated heterocycles. The fraction of sp³-hybridized carbons (Fsp3) is 0.286. The van der Waals surface area contributed by atoms with Gasteiger partial charge < -0.3 is 14.5 Å². The first kappa shape index (κ1) is 20.7. The molecule has 3 rings (SSSR count). The van der Waals surface area contributed by atoms with Crippen molar-refractivity contribution in [1.29, 1.82) is 0 Å². The van der Waals surface area contributed by atoms with Gasteiger partial charge in [-0.05, 0) is 55.3 Å². The molecule has 0 fully saturated rings. The van der Waals surface area contributed by atoms with E-state index in [1.807, 2.05) is 36.4 Å². The van der Waals surface area contributed by atoms with Gasteiger partial charge in [0.1, 0.15) is 17.3 Å². The molecule has 1 aromatic carbocycles. The maximum Gasteiger partial charge on any atom is 0.232 e. The molecular formula is C21H23N3O4S. The fourth-order valence-electron chi connectivity index (χ4n) is 2.72. The summed E-state index contributed by atoms with van der Waals surface area (Å²) in [6.45, 7) is 2.27. The van der Waals surface area contributed by atoms with E-state index in [1.165, 1.54) is 0 Å². The van der Waals surface area contributed by atoms with Crippen LogP contribution in [0.25, 0.3) is 11.5 Å². The Morgan fingerprint density at radius 2 is 1.90 bits per heavy atom. The second kappa shape index (κ2) is 9.97. The first-order valence-electron chi connectivity index (χ1n) is 9.16. The molecule has 152 valence electrons. The van der Waals surface area contributed by atoms with Crippen LogP contribution < -0.4 is 10.1 Å². The molecule has 7 nitrogen and oxygen atoms in total. The van der Waals surface area contributed by atoms with Crippen molar-refractivity contribution in [2.24, 2.45) is 0 Å². The highest BCUT2D eigenvalue weighted by Gasteiger charge is 2.16. The lowest BCUT2D eigenvalue weighted by Crippen LogP contribution is -2.30. The van der Waals surface area contributed by atoms with E-state index < -0.39 is 10.8 Å². The van der Waals surface area contributed by atoms with Gasteiger partial charge in [0, 0.05) is 35.3 Å². The number of hydrogen-bond acceptors (Lipinski definition) is 6. The van der Waals surface area contributed by atoms with Crippen LogP contribution in [0.5, 0.6) is 5.75 Å². The topological polar surface area (TPSA) is 94.3 Å². The van der Waals surface area contributed by atoms with Crippen molar-refractivity contribution in [3.05, 3.63) is 65.8 Å². The number of hydrogen-bond donors (Lipinski definition) is 1. The number of aryl methyl sites for hydroxylation is 1. The van der Waals surface area contributed by atoms with Gasteiger partial charge in [-0.3, -0.25) is 14.0 Å². The summed E-state index contributed by atoms with van der Waals surface area (Å²) in [6, 6.07) is 11.1. The first-order valence-corrected chi connectivity index (χ1v) is 10.7. The Balaban J connectivity index is 1.50. The number of methoxy groups -OCH3 is 1. The molecule has 2 heterocycles. The summed E-state index contributed by atoms with van der Waals surface area (Å²) in [7, 11) is 0.232. The minimum atomic E-state index is -1.37. The van der Waals surface area contributed by atoms with Crippen molar-refractivity contribution >= 4 is 16.7 Å². The Morgan fingerprint density at radius 3 is 2.59 bits per heavy atom. The van der Waals surface area contributed by atoms with E-state index in [0.717, 1.165) is 16.9 Å². The Labute approximate surface area is 172 Å². The van der Waals surface area contributed by atoms with Gasteiger partial charge in [-0.2, -0.15) is 0 Å². The van der Waals surface area contributed by atoms with Gasteiger partial charge in [0.15, 0.2) is 0 Å². The van der Waals surface area contributed by atoms with E-state index in [-0.39, 0.29) is 17.4 Å². The van der Waals surface area contributed by atoms with Gasteiger partial charge in [-0.25, -0.2) is 4.98 Å². The van der Waals surface area contributed by atoms with Gasteiger partial charge in [0.25, 0.3) is 0 Å². The van der Waals surface area contributed by atoms with Crippen LogP contribution in [0.1, 0.15) is 17.0 Å². The van der Waals surface area contributed by atoms with E-state index in [0.29, 0.717) is 30.3 Å². The predicted molar refractivity (Wildman–Crippen MR) is 111 cm³/mol. The molecule has 0 saturated carbocycles. The predicted octanol–water partition coefficient (Wildman–Crippen LogP) is 2.66. The third-order valence-corrected chi connectivity index (χ3v) is 5.48. The van der Waals surface area contributed by atoms with Crippen LogP contribution in [0.15, 0.2) is 53.2 Å². The van der Waals surface area contributed by atoms with Crippen LogP contribution in [-0.4, -0.2) is 39.5 Å². The van der Waals surface area contributed by atoms with Crippen LogP contribution >= 0.6 is 0 Å². The standard InChI is InChI=1S/C21H23N3O4S/c1-15-19(24-21(28-15)17-3-5-18(27-2)6-4-17)13-29(26)14-20(25)23-12-9-16-7-10-22-11-8-16/h3-8,10-11H,9,12-14H2,1-2H3,(H,23,25). The van der Waals surface area contributed by atoms with Crippen LogP contribution in [-0.2, 0) is 27.8 Å². The Bertz CT molecular complexity index is 971. The summed E-state index contributed by atoms with van der Waals surface area (Å²) >= 11 is 0. The molecule has 3 aromatic rings. The number of amides is 1. The van der Waals surface area contributed by atoms with Crippen molar-refractivity contribution in [2.45, 2.75) is 19.1 Å². The minimum Gasteiger partial charge on any atom is -0.497 e. The normalized spacial score (nSPS) is 11.8. The lowest BCUT2D eigenvalue weighted by Gasteiger charge is -2.05. The maximum absolute atomic E-state index is 12.4. The Hall–Kier alpha value is -3.00. The maximum atomic E-state index is 12.4. The van der Waals surface area contributed by atoms with Gasteiger partial charge >= 0.3 is 0 Å². The van der Waals surface area contributed by atoms with Crippen molar-refractivity contribution in [2.75, 3.05) is 19.4 Å². The average Bonchev–Trinajstić information content (AvgIpc) is 3.09. The minimum absolute atomic E-state index is 0.0689. The summed E-state index contributed by atoms with van der Waals surface area (Å²) in [5, 5.41) is 2.80. The number of oxazole rings is 1. The Morgan fingerprint density at radius 1 is 1.17 bits per heavy atom. The van der Waals surface area contributed by atoms with E-state index in [2.05, 4.69) is 15.3 Å². The number of nitrogens with one attached hydrogen (secondary N) is 1. The highest BCUT2D eigenvalue weighted by Crippen LogP contribution is 2.24. The third kappa shape index (κ3) is 5.99. The molecule has 1 amide bonds. The third-order valence-electron chi connectivity index (χ3n) is 4.30. The van der Waals surface area contributed by atoms with Gasteiger partial charge in [-0.15, -0.1) is 0 Å². The number of nitrogens with zero attached hydrogens (tertiary/aromatic N) is 2. The number of carbonyl (C=O) groups excluding carboxylic acids is 1. The number of rotatable bonds is 9. The summed E-state index contributed by atoms with van der Waals surface area (Å²) < 4.78 is 23.2. The molecule has 2 aromatic heterocycles. The number of aromatic nitrogens is 2. The highest BCUT2D eigenvalue weighted by molar-refractivity contribution is 7.84. The van der Waals surface area contributed by atoms with Crippen LogP contribution in [0.3, 0.4) is 0 Å². The van der Waals surface area contributed by atoms with E-state index in [1.54, 1.807) is 26.4 Å². The summed E-state index contributed by atoms with van der Waals surface area (Å²) in [6.07, 6.45) is 4.13. The zero-order valence-corrected chi connectivity index (χ0v) is 17.2. The highest BCUT2D eigenvalue weighted by atomic mass is 32.2. The molecule has 29 heavy (non-hydrogen) atoms. The van der Waals surface area contributed by atoms with Crippen molar-refractivity contribution in [3.63, 3.8) is 0 Å². The van der Waals surface area contributed by atoms with E-state index in [4.69, 9.17) is 9.15 Å². The van der Waals surface area contributed by atoms with Crippen molar-refractivity contribution in [1.82, 2.24) is 15.3 Å². The van der Waals surface area contributed by atoms with Crippen molar-refractivity contribution in [3.8, 4) is 17.2 Å². The number of pyridine rings is 1. The fourth-order valence-corrected chi connectivity index (χ4v) is 3.78. The molecule has 0 radical (unpaired) electrons. The molecule has 0 bridgehead atoms. The quantitative estimate of drug-likeness (QED) is 0.580. The zero-order chi connectivity index (χ0) is 20.6. The number of benzene rings is 1. The molecule has 1 N–H and O–H groups in total. The molecule has 1 atom stereocenters. The second-order valence-electron chi connectivity index (χ2n) is 6.43. The molecule has 0 spiro atoms. The van der Waals surface area contributed by atoms with E-state index in [9.17, 15) is 9.00 Å². The molecular weight excluding hydrogens is 390 g/mol. The van der Waals surface area contributed by atoms with Gasteiger partial charge in [0.2, 0.25) is 11.8 Å². The van der Waals surface area contributed by atoms with Gasteiger partial charge in [-0.1, -0.05) is 0 Å². The lowest BCUT2D eigenvalue weighted by molar-refractivity contribution is -0.118. The van der Waals surface area contributed by atoms with Crippen LogP contribution in [0.2, 0.25) is 0 Å². The molecule has 0 aliphatic rings. The zero-order valence-electron chi connectivity index (χ0n) is 16.4. The van der Waals surface area contributed by atoms with Crippen LogP contribution in [0.4, 0.5) is 0 Å².